The third-order valence-electron chi connectivity index (χ3n) is 4.19. The Balaban J connectivity index is 2.16. The van der Waals surface area contributed by atoms with E-state index in [1.165, 1.54) is 24.1 Å². The molecule has 2 aliphatic rings. The molecule has 1 aliphatic carbocycles. The van der Waals surface area contributed by atoms with E-state index in [4.69, 9.17) is 11.6 Å². The number of aliphatic hydroxyl groups is 1. The van der Waals surface area contributed by atoms with Crippen molar-refractivity contribution in [1.29, 1.82) is 0 Å². The summed E-state index contributed by atoms with van der Waals surface area (Å²) < 4.78 is 2.33. The van der Waals surface area contributed by atoms with Crippen molar-refractivity contribution in [3.05, 3.63) is 40.9 Å². The molecule has 0 aromatic carbocycles. The number of aliphatic hydroxyl groups excluding tert-OH is 1. The number of aliphatic imine (C=N–C) groups is 1. The van der Waals surface area contributed by atoms with Gasteiger partial charge in [0.1, 0.15) is 17.5 Å². The van der Waals surface area contributed by atoms with Crippen LogP contribution in [0, 0.1) is 0 Å². The quantitative estimate of drug-likeness (QED) is 0.385. The highest BCUT2D eigenvalue weighted by Crippen LogP contribution is 2.39. The number of allylic oxidation sites excluding steroid dienone is 3. The van der Waals surface area contributed by atoms with Crippen LogP contribution in [-0.2, 0) is 6.54 Å². The normalized spacial score (nSPS) is 22.0. The summed E-state index contributed by atoms with van der Waals surface area (Å²) in [5.41, 5.74) is 4.21. The number of rotatable bonds is 3. The zero-order valence-electron chi connectivity index (χ0n) is 11.6. The molecule has 4 heteroatoms. The number of aromatic nitrogens is 1. The van der Waals surface area contributed by atoms with Gasteiger partial charge in [-0.15, -0.1) is 11.6 Å². The lowest BCUT2D eigenvalue weighted by Gasteiger charge is -2.27. The van der Waals surface area contributed by atoms with Gasteiger partial charge in [0.05, 0.1) is 0 Å². The van der Waals surface area contributed by atoms with Crippen molar-refractivity contribution in [2.75, 3.05) is 6.00 Å². The van der Waals surface area contributed by atoms with Crippen LogP contribution in [0.25, 0.3) is 6.08 Å². The molecule has 1 atom stereocenters. The van der Waals surface area contributed by atoms with E-state index in [0.717, 1.165) is 18.5 Å². The van der Waals surface area contributed by atoms with Gasteiger partial charge < -0.3 is 9.67 Å². The van der Waals surface area contributed by atoms with Crippen LogP contribution in [0.1, 0.15) is 48.9 Å². The molecule has 1 aromatic heterocycles. The first-order valence-electron chi connectivity index (χ1n) is 7.12. The second-order valence-corrected chi connectivity index (χ2v) is 5.55. The number of hydrogen-bond acceptors (Lipinski definition) is 2. The molecule has 0 spiro atoms. The summed E-state index contributed by atoms with van der Waals surface area (Å²) in [7, 11) is 0. The van der Waals surface area contributed by atoms with E-state index >= 15 is 0 Å². The van der Waals surface area contributed by atoms with Crippen LogP contribution < -0.4 is 0 Å². The van der Waals surface area contributed by atoms with Gasteiger partial charge >= 0.3 is 0 Å². The minimum Gasteiger partial charge on any atom is -0.506 e. The Kier molecular flexibility index (Phi) is 3.70. The van der Waals surface area contributed by atoms with E-state index in [2.05, 4.69) is 27.9 Å². The number of nitrogens with zero attached hydrogens (tertiary/aromatic N) is 2. The molecule has 3 nitrogen and oxygen atoms in total. The average Bonchev–Trinajstić information content (AvgIpc) is 2.85. The van der Waals surface area contributed by atoms with Crippen LogP contribution in [0.3, 0.4) is 0 Å². The summed E-state index contributed by atoms with van der Waals surface area (Å²) in [6.45, 7) is 2.86. The summed E-state index contributed by atoms with van der Waals surface area (Å²) in [5.74, 6) is 0.808. The number of alkyl halides is 1. The standard InChI is InChI=1S/C16H19ClN2O/c1-2-14(20)15(18-10-17)13-9-19-8-4-6-11-5-3-7-12(13)16(11)19/h2-3,7,9,11,20H,4-6,8,10H2,1H3/b14-2+,18-15-. The van der Waals surface area contributed by atoms with Gasteiger partial charge in [-0.25, -0.2) is 0 Å². The van der Waals surface area contributed by atoms with Gasteiger partial charge in [-0.05, 0) is 32.3 Å². The Hall–Kier alpha value is -1.48. The molecule has 0 amide bonds. The fourth-order valence-corrected chi connectivity index (χ4v) is 3.44. The maximum absolute atomic E-state index is 10.1. The highest BCUT2D eigenvalue weighted by molar-refractivity contribution is 6.20. The lowest BCUT2D eigenvalue weighted by atomic mass is 9.85. The molecule has 0 saturated heterocycles. The summed E-state index contributed by atoms with van der Waals surface area (Å²) in [4.78, 5) is 4.28. The Morgan fingerprint density at radius 1 is 1.60 bits per heavy atom. The first-order chi connectivity index (χ1) is 9.76. The van der Waals surface area contributed by atoms with Crippen LogP contribution in [0.4, 0.5) is 0 Å². The van der Waals surface area contributed by atoms with Gasteiger partial charge in [0.25, 0.3) is 0 Å². The maximum Gasteiger partial charge on any atom is 0.137 e. The topological polar surface area (TPSA) is 37.5 Å². The molecule has 0 radical (unpaired) electrons. The van der Waals surface area contributed by atoms with Gasteiger partial charge in [-0.3, -0.25) is 4.99 Å². The van der Waals surface area contributed by atoms with E-state index in [9.17, 15) is 5.11 Å². The third-order valence-corrected chi connectivity index (χ3v) is 4.31. The molecule has 1 aliphatic heterocycles. The van der Waals surface area contributed by atoms with Crippen molar-refractivity contribution in [3.63, 3.8) is 0 Å². The number of halogens is 1. The van der Waals surface area contributed by atoms with Crippen molar-refractivity contribution < 1.29 is 5.11 Å². The molecule has 1 unspecified atom stereocenters. The third kappa shape index (κ3) is 2.10. The molecule has 106 valence electrons. The highest BCUT2D eigenvalue weighted by atomic mass is 35.5. The zero-order chi connectivity index (χ0) is 14.1. The van der Waals surface area contributed by atoms with E-state index in [-0.39, 0.29) is 11.8 Å². The minimum absolute atomic E-state index is 0.153. The molecule has 0 bridgehead atoms. The fourth-order valence-electron chi connectivity index (χ4n) is 3.32. The predicted octanol–water partition coefficient (Wildman–Crippen LogP) is 4.23. The van der Waals surface area contributed by atoms with Crippen molar-refractivity contribution >= 4 is 23.4 Å². The molecule has 2 heterocycles. The minimum atomic E-state index is 0.153. The molecule has 0 fully saturated rings. The van der Waals surface area contributed by atoms with Gasteiger partial charge in [-0.2, -0.15) is 0 Å². The molecule has 1 aromatic rings. The van der Waals surface area contributed by atoms with Crippen LogP contribution in [0.5, 0.6) is 0 Å². The Morgan fingerprint density at radius 3 is 3.20 bits per heavy atom. The van der Waals surface area contributed by atoms with E-state index in [1.54, 1.807) is 13.0 Å². The molecular formula is C16H19ClN2O. The van der Waals surface area contributed by atoms with Crippen LogP contribution in [0.15, 0.2) is 29.1 Å². The first-order valence-corrected chi connectivity index (χ1v) is 7.65. The van der Waals surface area contributed by atoms with Crippen LogP contribution in [-0.4, -0.2) is 21.4 Å². The largest absolute Gasteiger partial charge is 0.506 e. The molecular weight excluding hydrogens is 272 g/mol. The Bertz CT molecular complexity index is 610. The summed E-state index contributed by atoms with van der Waals surface area (Å²) in [6.07, 6.45) is 11.8. The molecule has 0 saturated carbocycles. The van der Waals surface area contributed by atoms with Crippen molar-refractivity contribution in [1.82, 2.24) is 4.57 Å². The maximum atomic E-state index is 10.1. The lowest BCUT2D eigenvalue weighted by Crippen LogP contribution is -2.16. The average molecular weight is 291 g/mol. The van der Waals surface area contributed by atoms with Gasteiger partial charge in [-0.1, -0.05) is 12.2 Å². The summed E-state index contributed by atoms with van der Waals surface area (Å²) in [6, 6.07) is 0.153. The van der Waals surface area contributed by atoms with Crippen molar-refractivity contribution in [2.45, 2.75) is 38.6 Å². The second-order valence-electron chi connectivity index (χ2n) is 5.31. The smallest absolute Gasteiger partial charge is 0.137 e. The van der Waals surface area contributed by atoms with Crippen LogP contribution in [0.2, 0.25) is 0 Å². The Morgan fingerprint density at radius 2 is 2.45 bits per heavy atom. The Labute approximate surface area is 124 Å². The van der Waals surface area contributed by atoms with Gasteiger partial charge in [0.15, 0.2) is 0 Å². The van der Waals surface area contributed by atoms with Crippen molar-refractivity contribution in [3.8, 4) is 0 Å². The van der Waals surface area contributed by atoms with E-state index in [0.29, 0.717) is 11.6 Å². The first kappa shape index (κ1) is 13.5. The fraction of sp³-hybridized carbons (Fsp3) is 0.438. The summed E-state index contributed by atoms with van der Waals surface area (Å²) >= 11 is 5.76. The van der Waals surface area contributed by atoms with Gasteiger partial charge in [0.2, 0.25) is 0 Å². The molecule has 3 rings (SSSR count). The molecule has 1 N–H and O–H groups in total. The SMILES string of the molecule is C/C=C(O)\C(=N/CCl)c1cn2c3c1C=CCC3CCC2. The number of aryl methyl sites for hydroxylation is 1. The number of hydrogen-bond donors (Lipinski definition) is 1. The monoisotopic (exact) mass is 290 g/mol. The molecule has 20 heavy (non-hydrogen) atoms. The zero-order valence-corrected chi connectivity index (χ0v) is 12.4. The van der Waals surface area contributed by atoms with E-state index < -0.39 is 0 Å². The lowest BCUT2D eigenvalue weighted by molar-refractivity contribution is 0.442. The van der Waals surface area contributed by atoms with Crippen LogP contribution >= 0.6 is 11.6 Å². The van der Waals surface area contributed by atoms with Gasteiger partial charge in [0, 0.05) is 35.5 Å². The van der Waals surface area contributed by atoms with Crippen molar-refractivity contribution in [2.24, 2.45) is 4.99 Å². The second kappa shape index (κ2) is 5.49. The summed E-state index contributed by atoms with van der Waals surface area (Å²) in [5, 5.41) is 10.1. The highest BCUT2D eigenvalue weighted by Gasteiger charge is 2.29. The van der Waals surface area contributed by atoms with E-state index in [1.807, 2.05) is 0 Å². The predicted molar refractivity (Wildman–Crippen MR) is 83.7 cm³/mol.